The largest absolute Gasteiger partial charge is 0.469 e. The van der Waals surface area contributed by atoms with Crippen LogP contribution in [0.5, 0.6) is 0 Å². The quantitative estimate of drug-likeness (QED) is 0.727. The first-order valence-electron chi connectivity index (χ1n) is 10.3. The minimum atomic E-state index is -0.382. The van der Waals surface area contributed by atoms with E-state index in [2.05, 4.69) is 13.8 Å². The number of hydrogen-bond acceptors (Lipinski definition) is 4. The van der Waals surface area contributed by atoms with Gasteiger partial charge in [-0.15, -0.1) is 0 Å². The van der Waals surface area contributed by atoms with Crippen molar-refractivity contribution >= 4 is 11.9 Å². The predicted molar refractivity (Wildman–Crippen MR) is 97.1 cm³/mol. The first-order valence-corrected chi connectivity index (χ1v) is 10.3. The van der Waals surface area contributed by atoms with Crippen LogP contribution in [0.1, 0.15) is 58.8 Å². The van der Waals surface area contributed by atoms with Gasteiger partial charge in [0.1, 0.15) is 0 Å². The Morgan fingerprint density at radius 2 is 1.85 bits per heavy atom. The van der Waals surface area contributed by atoms with E-state index < -0.39 is 0 Å². The minimum absolute atomic E-state index is 0.0354. The fourth-order valence-corrected chi connectivity index (χ4v) is 7.61. The van der Waals surface area contributed by atoms with E-state index in [9.17, 15) is 14.7 Å². The maximum absolute atomic E-state index is 12.4. The Hall–Kier alpha value is -1.10. The molecule has 0 aromatic heterocycles. The van der Waals surface area contributed by atoms with Gasteiger partial charge in [0.2, 0.25) is 5.91 Å². The Balaban J connectivity index is 1.67. The number of piperidine rings is 1. The highest BCUT2D eigenvalue weighted by Gasteiger charge is 2.64. The highest BCUT2D eigenvalue weighted by atomic mass is 16.5. The summed E-state index contributed by atoms with van der Waals surface area (Å²) in [6.45, 7) is 4.60. The van der Waals surface area contributed by atoms with Gasteiger partial charge in [-0.05, 0) is 67.1 Å². The van der Waals surface area contributed by atoms with Crippen molar-refractivity contribution in [3.05, 3.63) is 0 Å². The van der Waals surface area contributed by atoms with Crippen LogP contribution in [-0.2, 0) is 14.3 Å². The molecule has 3 aliphatic carbocycles. The summed E-state index contributed by atoms with van der Waals surface area (Å²) in [5.74, 6) is 1.15. The zero-order valence-electron chi connectivity index (χ0n) is 16.5. The van der Waals surface area contributed by atoms with Crippen LogP contribution in [0, 0.1) is 34.5 Å². The monoisotopic (exact) mass is 363 g/mol. The molecule has 4 aliphatic rings. The summed E-state index contributed by atoms with van der Waals surface area (Å²) in [5.41, 5.74) is 0.0199. The highest BCUT2D eigenvalue weighted by Crippen LogP contribution is 2.66. The van der Waals surface area contributed by atoms with Crippen LogP contribution in [0.3, 0.4) is 0 Å². The number of likely N-dealkylation sites (tertiary alicyclic amines) is 1. The molecule has 4 rings (SSSR count). The molecule has 3 saturated carbocycles. The van der Waals surface area contributed by atoms with Gasteiger partial charge in [-0.3, -0.25) is 9.59 Å². The standard InChI is InChI=1S/C21H33NO4/c1-20-9-7-13-18(12(20)5-6-14(20)19(25)26-4)15(23)11-16-21(13,2)10-8-17(24)22(16)3/h12-16,18,23H,5-11H2,1-4H3/t12?,13?,14?,15-,16?,18?,20-,21+/m0/s1. The van der Waals surface area contributed by atoms with E-state index in [4.69, 9.17) is 4.74 Å². The van der Waals surface area contributed by atoms with Gasteiger partial charge in [-0.2, -0.15) is 0 Å². The van der Waals surface area contributed by atoms with E-state index in [0.717, 1.165) is 32.1 Å². The van der Waals surface area contributed by atoms with E-state index in [0.29, 0.717) is 24.7 Å². The van der Waals surface area contributed by atoms with Crippen LogP contribution in [-0.4, -0.2) is 48.2 Å². The highest BCUT2D eigenvalue weighted by molar-refractivity contribution is 5.77. The van der Waals surface area contributed by atoms with Gasteiger partial charge in [-0.1, -0.05) is 13.8 Å². The lowest BCUT2D eigenvalue weighted by Crippen LogP contribution is -2.65. The lowest BCUT2D eigenvalue weighted by molar-refractivity contribution is -0.183. The van der Waals surface area contributed by atoms with E-state index in [-0.39, 0.29) is 46.7 Å². The third-order valence-electron chi connectivity index (χ3n) is 9.07. The third kappa shape index (κ3) is 2.25. The van der Waals surface area contributed by atoms with E-state index in [1.807, 2.05) is 11.9 Å². The summed E-state index contributed by atoms with van der Waals surface area (Å²) in [6, 6.07) is 0.141. The molecule has 4 fully saturated rings. The Bertz CT molecular complexity index is 621. The smallest absolute Gasteiger partial charge is 0.309 e. The van der Waals surface area contributed by atoms with E-state index >= 15 is 0 Å². The molecule has 26 heavy (non-hydrogen) atoms. The van der Waals surface area contributed by atoms with E-state index in [1.54, 1.807) is 0 Å². The number of carbonyl (C=O) groups is 2. The molecule has 8 atom stereocenters. The van der Waals surface area contributed by atoms with Crippen molar-refractivity contribution in [2.45, 2.75) is 70.9 Å². The molecule has 0 aromatic carbocycles. The molecular formula is C21H33NO4. The summed E-state index contributed by atoms with van der Waals surface area (Å²) in [5, 5.41) is 11.2. The topological polar surface area (TPSA) is 66.8 Å². The average Bonchev–Trinajstić information content (AvgIpc) is 2.97. The molecule has 1 N–H and O–H groups in total. The molecule has 1 amide bonds. The number of amides is 1. The lowest BCUT2D eigenvalue weighted by Gasteiger charge is -2.62. The Labute approximate surface area is 156 Å². The molecule has 1 heterocycles. The molecule has 1 aliphatic heterocycles. The molecule has 0 spiro atoms. The number of methoxy groups -OCH3 is 1. The van der Waals surface area contributed by atoms with Crippen molar-refractivity contribution in [3.63, 3.8) is 0 Å². The van der Waals surface area contributed by atoms with Gasteiger partial charge >= 0.3 is 5.97 Å². The fourth-order valence-electron chi connectivity index (χ4n) is 7.61. The summed E-state index contributed by atoms with van der Waals surface area (Å²) in [4.78, 5) is 26.5. The third-order valence-corrected chi connectivity index (χ3v) is 9.07. The van der Waals surface area contributed by atoms with Crippen LogP contribution >= 0.6 is 0 Å². The van der Waals surface area contributed by atoms with Crippen molar-refractivity contribution in [1.29, 1.82) is 0 Å². The fraction of sp³-hybridized carbons (Fsp3) is 0.905. The number of carbonyl (C=O) groups excluding carboxylic acids is 2. The van der Waals surface area contributed by atoms with Crippen molar-refractivity contribution < 1.29 is 19.4 Å². The number of fused-ring (bicyclic) bond motifs is 5. The van der Waals surface area contributed by atoms with Crippen LogP contribution in [0.15, 0.2) is 0 Å². The number of nitrogens with zero attached hydrogens (tertiary/aromatic N) is 1. The molecule has 5 nitrogen and oxygen atoms in total. The van der Waals surface area contributed by atoms with Crippen LogP contribution in [0.25, 0.3) is 0 Å². The van der Waals surface area contributed by atoms with Gasteiger partial charge < -0.3 is 14.7 Å². The molecule has 5 unspecified atom stereocenters. The summed E-state index contributed by atoms with van der Waals surface area (Å²) < 4.78 is 5.10. The molecule has 0 aromatic rings. The Morgan fingerprint density at radius 3 is 2.54 bits per heavy atom. The molecule has 146 valence electrons. The number of aliphatic hydroxyl groups excluding tert-OH is 1. The number of ether oxygens (including phenoxy) is 1. The van der Waals surface area contributed by atoms with Gasteiger partial charge in [0.15, 0.2) is 0 Å². The van der Waals surface area contributed by atoms with Crippen LogP contribution in [0.2, 0.25) is 0 Å². The summed E-state index contributed by atoms with van der Waals surface area (Å²) in [7, 11) is 3.40. The van der Waals surface area contributed by atoms with Crippen LogP contribution in [0.4, 0.5) is 0 Å². The molecule has 0 radical (unpaired) electrons. The normalized spacial score (nSPS) is 50.7. The van der Waals surface area contributed by atoms with Crippen molar-refractivity contribution in [2.24, 2.45) is 34.5 Å². The first kappa shape index (κ1) is 18.3. The molecule has 1 saturated heterocycles. The number of rotatable bonds is 1. The minimum Gasteiger partial charge on any atom is -0.469 e. The second-order valence-electron chi connectivity index (χ2n) is 9.82. The molecule has 0 bridgehead atoms. The predicted octanol–water partition coefficient (Wildman–Crippen LogP) is 2.61. The number of esters is 1. The lowest BCUT2D eigenvalue weighted by atomic mass is 9.46. The zero-order chi connectivity index (χ0) is 18.9. The Morgan fingerprint density at radius 1 is 1.15 bits per heavy atom. The second-order valence-corrected chi connectivity index (χ2v) is 9.82. The van der Waals surface area contributed by atoms with Crippen molar-refractivity contribution in [3.8, 4) is 0 Å². The Kier molecular flexibility index (Phi) is 4.18. The summed E-state index contributed by atoms with van der Waals surface area (Å²) in [6.07, 6.45) is 5.78. The van der Waals surface area contributed by atoms with E-state index in [1.165, 1.54) is 7.11 Å². The SMILES string of the molecule is COC(=O)C1CCC2C3C(CC[C@]12C)[C@@]1(C)CCC(=O)N(C)C1C[C@@H]3O. The maximum atomic E-state index is 12.4. The van der Waals surface area contributed by atoms with Crippen LogP contribution < -0.4 is 0 Å². The zero-order valence-corrected chi connectivity index (χ0v) is 16.5. The summed E-state index contributed by atoms with van der Waals surface area (Å²) >= 11 is 0. The average molecular weight is 363 g/mol. The first-order chi connectivity index (χ1) is 12.2. The van der Waals surface area contributed by atoms with Gasteiger partial charge in [0, 0.05) is 19.5 Å². The maximum Gasteiger partial charge on any atom is 0.309 e. The van der Waals surface area contributed by atoms with Crippen molar-refractivity contribution in [1.82, 2.24) is 4.90 Å². The van der Waals surface area contributed by atoms with Gasteiger partial charge in [0.05, 0.1) is 19.1 Å². The number of aliphatic hydroxyl groups is 1. The molecular weight excluding hydrogens is 330 g/mol. The van der Waals surface area contributed by atoms with Gasteiger partial charge in [-0.25, -0.2) is 0 Å². The number of hydrogen-bond donors (Lipinski definition) is 1. The van der Waals surface area contributed by atoms with Gasteiger partial charge in [0.25, 0.3) is 0 Å². The second kappa shape index (κ2) is 5.95. The van der Waals surface area contributed by atoms with Crippen molar-refractivity contribution in [2.75, 3.05) is 14.2 Å². The molecule has 5 heteroatoms.